The van der Waals surface area contributed by atoms with Gasteiger partial charge in [-0.2, -0.15) is 4.31 Å². The molecular weight excluding hydrogens is 279 g/mol. The zero-order chi connectivity index (χ0) is 14.4. The highest BCUT2D eigenvalue weighted by Gasteiger charge is 2.45. The predicted octanol–water partition coefficient (Wildman–Crippen LogP) is 0.489. The van der Waals surface area contributed by atoms with Crippen LogP contribution in [-0.2, 0) is 10.0 Å². The smallest absolute Gasteiger partial charge is 0.292 e. The van der Waals surface area contributed by atoms with Crippen LogP contribution in [0.4, 0.5) is 10.1 Å². The van der Waals surface area contributed by atoms with Gasteiger partial charge >= 0.3 is 0 Å². The number of rotatable bonds is 3. The minimum Gasteiger partial charge on any atom is -0.387 e. The van der Waals surface area contributed by atoms with Crippen molar-refractivity contribution in [2.24, 2.45) is 0 Å². The number of nitrogens with zero attached hydrogens (tertiary/aromatic N) is 2. The third-order valence-corrected chi connectivity index (χ3v) is 4.61. The Morgan fingerprint density at radius 1 is 1.47 bits per heavy atom. The second-order valence-corrected chi connectivity index (χ2v) is 6.55. The Labute approximate surface area is 108 Å². The van der Waals surface area contributed by atoms with E-state index in [1.807, 2.05) is 0 Å². The van der Waals surface area contributed by atoms with Crippen LogP contribution in [0.15, 0.2) is 23.1 Å². The second-order valence-electron chi connectivity index (χ2n) is 4.64. The average Bonchev–Trinajstić information content (AvgIpc) is 2.25. The van der Waals surface area contributed by atoms with Gasteiger partial charge in [0.2, 0.25) is 10.0 Å². The minimum atomic E-state index is -4.10. The second kappa shape index (κ2) is 4.22. The fraction of sp³-hybridized carbons (Fsp3) is 0.400. The summed E-state index contributed by atoms with van der Waals surface area (Å²) in [6.45, 7) is 1.16. The lowest BCUT2D eigenvalue weighted by Crippen LogP contribution is -2.61. The fourth-order valence-electron chi connectivity index (χ4n) is 1.87. The Balaban J connectivity index is 2.45. The number of nitro groups is 1. The van der Waals surface area contributed by atoms with E-state index in [0.29, 0.717) is 6.07 Å². The SMILES string of the molecule is CC1(O)CN(S(=O)(=O)c2ccc(F)cc2[N+](=O)[O-])C1. The summed E-state index contributed by atoms with van der Waals surface area (Å²) in [7, 11) is -4.10. The van der Waals surface area contributed by atoms with Crippen LogP contribution < -0.4 is 0 Å². The summed E-state index contributed by atoms with van der Waals surface area (Å²) in [4.78, 5) is 9.26. The van der Waals surface area contributed by atoms with Gasteiger partial charge in [-0.15, -0.1) is 0 Å². The molecule has 1 aliphatic rings. The highest BCUT2D eigenvalue weighted by atomic mass is 32.2. The first-order chi connectivity index (χ1) is 8.63. The molecule has 2 rings (SSSR count). The van der Waals surface area contributed by atoms with Crippen LogP contribution in [0.25, 0.3) is 0 Å². The van der Waals surface area contributed by atoms with Crippen molar-refractivity contribution >= 4 is 15.7 Å². The van der Waals surface area contributed by atoms with Gasteiger partial charge in [0.25, 0.3) is 5.69 Å². The maximum Gasteiger partial charge on any atom is 0.292 e. The van der Waals surface area contributed by atoms with Gasteiger partial charge in [-0.3, -0.25) is 10.1 Å². The molecule has 0 bridgehead atoms. The third-order valence-electron chi connectivity index (χ3n) is 2.77. The van der Waals surface area contributed by atoms with Gasteiger partial charge in [0, 0.05) is 13.1 Å². The van der Waals surface area contributed by atoms with Crippen LogP contribution in [0.1, 0.15) is 6.92 Å². The van der Waals surface area contributed by atoms with Gasteiger partial charge < -0.3 is 5.11 Å². The van der Waals surface area contributed by atoms with Gasteiger partial charge in [0.15, 0.2) is 4.90 Å². The molecule has 104 valence electrons. The summed E-state index contributed by atoms with van der Waals surface area (Å²) in [5.41, 5.74) is -1.95. The number of halogens is 1. The van der Waals surface area contributed by atoms with Crippen molar-refractivity contribution < 1.29 is 22.8 Å². The van der Waals surface area contributed by atoms with Crippen LogP contribution in [-0.4, -0.2) is 41.4 Å². The zero-order valence-electron chi connectivity index (χ0n) is 9.91. The molecule has 19 heavy (non-hydrogen) atoms. The summed E-state index contributed by atoms with van der Waals surface area (Å²) in [5.74, 6) is -0.888. The van der Waals surface area contributed by atoms with Crippen molar-refractivity contribution in [2.45, 2.75) is 17.4 Å². The Kier molecular flexibility index (Phi) is 3.07. The first-order valence-electron chi connectivity index (χ1n) is 5.30. The maximum atomic E-state index is 13.0. The van der Waals surface area contributed by atoms with Crippen molar-refractivity contribution in [1.82, 2.24) is 4.31 Å². The molecule has 0 radical (unpaired) electrons. The number of aliphatic hydroxyl groups is 1. The molecule has 0 amide bonds. The standard InChI is InChI=1S/C10H11FN2O5S/c1-10(14)5-12(6-10)19(17,18)9-3-2-7(11)4-8(9)13(15)16/h2-4,14H,5-6H2,1H3. The molecule has 1 saturated heterocycles. The van der Waals surface area contributed by atoms with E-state index < -0.39 is 36.9 Å². The van der Waals surface area contributed by atoms with Crippen LogP contribution >= 0.6 is 0 Å². The van der Waals surface area contributed by atoms with Crippen LogP contribution in [0.3, 0.4) is 0 Å². The summed E-state index contributed by atoms with van der Waals surface area (Å²) in [6, 6.07) is 2.26. The van der Waals surface area contributed by atoms with Crippen molar-refractivity contribution in [3.63, 3.8) is 0 Å². The van der Waals surface area contributed by atoms with Crippen molar-refractivity contribution in [2.75, 3.05) is 13.1 Å². The minimum absolute atomic E-state index is 0.149. The molecule has 0 atom stereocenters. The Morgan fingerprint density at radius 2 is 2.05 bits per heavy atom. The van der Waals surface area contributed by atoms with Gasteiger partial charge in [0.1, 0.15) is 5.82 Å². The molecule has 0 aliphatic carbocycles. The quantitative estimate of drug-likeness (QED) is 0.645. The maximum absolute atomic E-state index is 13.0. The molecule has 1 aromatic rings. The first-order valence-corrected chi connectivity index (χ1v) is 6.74. The lowest BCUT2D eigenvalue weighted by Gasteiger charge is -2.42. The predicted molar refractivity (Wildman–Crippen MR) is 62.4 cm³/mol. The molecule has 0 aromatic heterocycles. The lowest BCUT2D eigenvalue weighted by atomic mass is 10.0. The number of hydrogen-bond donors (Lipinski definition) is 1. The van der Waals surface area contributed by atoms with E-state index >= 15 is 0 Å². The molecule has 1 heterocycles. The number of β-amino-alcohol motifs (C(OH)–C–C–N with tert-alkyl or cyclic N) is 1. The molecule has 7 nitrogen and oxygen atoms in total. The van der Waals surface area contributed by atoms with Crippen molar-refractivity contribution in [3.8, 4) is 0 Å². The summed E-state index contributed by atoms with van der Waals surface area (Å²) in [5, 5.41) is 20.3. The molecular formula is C10H11FN2O5S. The van der Waals surface area contributed by atoms with Crippen LogP contribution in [0, 0.1) is 15.9 Å². The third kappa shape index (κ3) is 2.44. The van der Waals surface area contributed by atoms with E-state index in [2.05, 4.69) is 0 Å². The fourth-order valence-corrected chi connectivity index (χ4v) is 3.69. The number of nitro benzene ring substituents is 1. The van der Waals surface area contributed by atoms with Gasteiger partial charge in [-0.05, 0) is 19.1 Å². The molecule has 1 fully saturated rings. The molecule has 9 heteroatoms. The first kappa shape index (κ1) is 13.8. The van der Waals surface area contributed by atoms with Gasteiger partial charge in [-0.25, -0.2) is 12.8 Å². The van der Waals surface area contributed by atoms with E-state index in [1.165, 1.54) is 6.92 Å². The largest absolute Gasteiger partial charge is 0.387 e. The lowest BCUT2D eigenvalue weighted by molar-refractivity contribution is -0.388. The Hall–Kier alpha value is -1.58. The normalized spacial score (nSPS) is 18.9. The van der Waals surface area contributed by atoms with Crippen molar-refractivity contribution in [1.29, 1.82) is 0 Å². The summed E-state index contributed by atoms with van der Waals surface area (Å²) >= 11 is 0. The zero-order valence-corrected chi connectivity index (χ0v) is 10.7. The van der Waals surface area contributed by atoms with E-state index in [-0.39, 0.29) is 13.1 Å². The molecule has 0 unspecified atom stereocenters. The topological polar surface area (TPSA) is 101 Å². The van der Waals surface area contributed by atoms with Gasteiger partial charge in [0.05, 0.1) is 16.6 Å². The Bertz CT molecular complexity index is 635. The van der Waals surface area contributed by atoms with Crippen LogP contribution in [0.2, 0.25) is 0 Å². The van der Waals surface area contributed by atoms with E-state index in [4.69, 9.17) is 0 Å². The molecule has 1 N–H and O–H groups in total. The van der Waals surface area contributed by atoms with E-state index in [1.54, 1.807) is 0 Å². The summed E-state index contributed by atoms with van der Waals surface area (Å²) < 4.78 is 38.1. The molecule has 1 aliphatic heterocycles. The van der Waals surface area contributed by atoms with Crippen molar-refractivity contribution in [3.05, 3.63) is 34.1 Å². The number of sulfonamides is 1. The highest BCUT2D eigenvalue weighted by molar-refractivity contribution is 7.89. The average molecular weight is 290 g/mol. The molecule has 1 aromatic carbocycles. The van der Waals surface area contributed by atoms with E-state index in [9.17, 15) is 28.0 Å². The summed E-state index contributed by atoms with van der Waals surface area (Å²) in [6.07, 6.45) is 0. The Morgan fingerprint density at radius 3 is 2.53 bits per heavy atom. The number of benzene rings is 1. The molecule has 0 spiro atoms. The van der Waals surface area contributed by atoms with Gasteiger partial charge in [-0.1, -0.05) is 0 Å². The molecule has 0 saturated carbocycles. The number of hydrogen-bond acceptors (Lipinski definition) is 5. The van der Waals surface area contributed by atoms with E-state index in [0.717, 1.165) is 16.4 Å². The van der Waals surface area contributed by atoms with Crippen LogP contribution in [0.5, 0.6) is 0 Å². The highest BCUT2D eigenvalue weighted by Crippen LogP contribution is 2.32. The monoisotopic (exact) mass is 290 g/mol.